The van der Waals surface area contributed by atoms with Crippen molar-refractivity contribution in [2.24, 2.45) is 0 Å². The lowest BCUT2D eigenvalue weighted by Gasteiger charge is -2.17. The maximum absolute atomic E-state index is 12.8. The van der Waals surface area contributed by atoms with E-state index in [0.29, 0.717) is 6.04 Å². The fourth-order valence-corrected chi connectivity index (χ4v) is 2.12. The molecule has 16 heavy (non-hydrogen) atoms. The molecule has 1 aromatic carbocycles. The molecule has 1 fully saturated rings. The third kappa shape index (κ3) is 3.03. The molecule has 0 aromatic heterocycles. The molecule has 1 saturated heterocycles. The van der Waals surface area contributed by atoms with Crippen LogP contribution in [0.2, 0.25) is 0 Å². The maximum atomic E-state index is 12.8. The monoisotopic (exact) mass is 222 g/mol. The SMILES string of the molecule is CC(NCC1CCCN1)c1ccc(F)cc1. The summed E-state index contributed by atoms with van der Waals surface area (Å²) < 4.78 is 12.8. The second kappa shape index (κ2) is 5.41. The summed E-state index contributed by atoms with van der Waals surface area (Å²) in [6.07, 6.45) is 2.53. The molecule has 0 amide bonds. The van der Waals surface area contributed by atoms with E-state index < -0.39 is 0 Å². The van der Waals surface area contributed by atoms with Crippen LogP contribution in [0, 0.1) is 5.82 Å². The molecular weight excluding hydrogens is 203 g/mol. The molecule has 1 aliphatic heterocycles. The normalized spacial score (nSPS) is 22.2. The first-order valence-corrected chi connectivity index (χ1v) is 5.98. The summed E-state index contributed by atoms with van der Waals surface area (Å²) in [4.78, 5) is 0. The molecule has 2 N–H and O–H groups in total. The minimum absolute atomic E-state index is 0.173. The van der Waals surface area contributed by atoms with Crippen LogP contribution in [0.15, 0.2) is 24.3 Å². The number of nitrogens with one attached hydrogen (secondary N) is 2. The van der Waals surface area contributed by atoms with Crippen LogP contribution in [0.5, 0.6) is 0 Å². The van der Waals surface area contributed by atoms with Crippen LogP contribution in [0.25, 0.3) is 0 Å². The largest absolute Gasteiger partial charge is 0.313 e. The van der Waals surface area contributed by atoms with Gasteiger partial charge in [-0.2, -0.15) is 0 Å². The van der Waals surface area contributed by atoms with Gasteiger partial charge in [-0.15, -0.1) is 0 Å². The van der Waals surface area contributed by atoms with Gasteiger partial charge in [-0.25, -0.2) is 4.39 Å². The molecule has 2 unspecified atom stereocenters. The summed E-state index contributed by atoms with van der Waals surface area (Å²) in [6.45, 7) is 4.23. The van der Waals surface area contributed by atoms with Crippen LogP contribution in [0.1, 0.15) is 31.4 Å². The molecule has 3 heteroatoms. The van der Waals surface area contributed by atoms with Crippen LogP contribution in [0.3, 0.4) is 0 Å². The lowest BCUT2D eigenvalue weighted by Crippen LogP contribution is -2.35. The zero-order chi connectivity index (χ0) is 11.4. The Morgan fingerprint density at radius 1 is 1.44 bits per heavy atom. The first-order chi connectivity index (χ1) is 7.75. The number of rotatable bonds is 4. The van der Waals surface area contributed by atoms with Crippen molar-refractivity contribution in [3.63, 3.8) is 0 Å². The topological polar surface area (TPSA) is 24.1 Å². The van der Waals surface area contributed by atoms with Crippen molar-refractivity contribution in [1.82, 2.24) is 10.6 Å². The molecule has 1 heterocycles. The Morgan fingerprint density at radius 3 is 2.81 bits per heavy atom. The molecule has 0 bridgehead atoms. The van der Waals surface area contributed by atoms with Crippen LogP contribution >= 0.6 is 0 Å². The lowest BCUT2D eigenvalue weighted by molar-refractivity contribution is 0.489. The third-order valence-corrected chi connectivity index (χ3v) is 3.20. The van der Waals surface area contributed by atoms with Crippen molar-refractivity contribution in [3.8, 4) is 0 Å². The fraction of sp³-hybridized carbons (Fsp3) is 0.538. The van der Waals surface area contributed by atoms with Crippen LogP contribution in [-0.2, 0) is 0 Å². The summed E-state index contributed by atoms with van der Waals surface area (Å²) >= 11 is 0. The Bertz CT molecular complexity index is 317. The van der Waals surface area contributed by atoms with E-state index in [0.717, 1.165) is 18.7 Å². The van der Waals surface area contributed by atoms with Gasteiger partial charge in [0.25, 0.3) is 0 Å². The molecule has 2 rings (SSSR count). The van der Waals surface area contributed by atoms with E-state index in [2.05, 4.69) is 17.6 Å². The second-order valence-corrected chi connectivity index (χ2v) is 4.47. The first kappa shape index (κ1) is 11.6. The predicted molar refractivity (Wildman–Crippen MR) is 63.8 cm³/mol. The van der Waals surface area contributed by atoms with Gasteiger partial charge in [0, 0.05) is 18.6 Å². The molecule has 0 radical (unpaired) electrons. The average Bonchev–Trinajstić information content (AvgIpc) is 2.80. The van der Waals surface area contributed by atoms with Gasteiger partial charge in [0.15, 0.2) is 0 Å². The molecule has 0 spiro atoms. The van der Waals surface area contributed by atoms with Gasteiger partial charge in [0.05, 0.1) is 0 Å². The molecule has 1 aliphatic rings. The van der Waals surface area contributed by atoms with E-state index in [9.17, 15) is 4.39 Å². The number of halogens is 1. The first-order valence-electron chi connectivity index (χ1n) is 5.98. The Kier molecular flexibility index (Phi) is 3.91. The van der Waals surface area contributed by atoms with E-state index in [-0.39, 0.29) is 11.9 Å². The van der Waals surface area contributed by atoms with Gasteiger partial charge in [-0.3, -0.25) is 0 Å². The molecule has 2 atom stereocenters. The van der Waals surface area contributed by atoms with Gasteiger partial charge in [0.1, 0.15) is 5.82 Å². The molecule has 0 aliphatic carbocycles. The maximum Gasteiger partial charge on any atom is 0.123 e. The molecule has 1 aromatic rings. The summed E-state index contributed by atoms with van der Waals surface area (Å²) in [5.41, 5.74) is 1.14. The fourth-order valence-electron chi connectivity index (χ4n) is 2.12. The van der Waals surface area contributed by atoms with Gasteiger partial charge in [-0.05, 0) is 44.0 Å². The Labute approximate surface area is 96.2 Å². The highest BCUT2D eigenvalue weighted by molar-refractivity contribution is 5.19. The third-order valence-electron chi connectivity index (χ3n) is 3.20. The van der Waals surface area contributed by atoms with E-state index >= 15 is 0 Å². The Balaban J connectivity index is 1.82. The smallest absolute Gasteiger partial charge is 0.123 e. The lowest BCUT2D eigenvalue weighted by atomic mass is 10.1. The van der Waals surface area contributed by atoms with Crippen LogP contribution < -0.4 is 10.6 Å². The molecule has 0 saturated carbocycles. The zero-order valence-corrected chi connectivity index (χ0v) is 9.67. The number of hydrogen-bond acceptors (Lipinski definition) is 2. The highest BCUT2D eigenvalue weighted by Gasteiger charge is 2.14. The van der Waals surface area contributed by atoms with E-state index in [1.165, 1.54) is 25.0 Å². The summed E-state index contributed by atoms with van der Waals surface area (Å²) in [7, 11) is 0. The molecular formula is C13H19FN2. The predicted octanol–water partition coefficient (Wildman–Crippen LogP) is 2.23. The second-order valence-electron chi connectivity index (χ2n) is 4.47. The van der Waals surface area contributed by atoms with Gasteiger partial charge >= 0.3 is 0 Å². The highest BCUT2D eigenvalue weighted by atomic mass is 19.1. The summed E-state index contributed by atoms with van der Waals surface area (Å²) in [5.74, 6) is -0.173. The average molecular weight is 222 g/mol. The van der Waals surface area contributed by atoms with Crippen molar-refractivity contribution in [1.29, 1.82) is 0 Å². The van der Waals surface area contributed by atoms with Crippen molar-refractivity contribution in [2.75, 3.05) is 13.1 Å². The highest BCUT2D eigenvalue weighted by Crippen LogP contribution is 2.13. The quantitative estimate of drug-likeness (QED) is 0.816. The van der Waals surface area contributed by atoms with Crippen LogP contribution in [0.4, 0.5) is 4.39 Å². The summed E-state index contributed by atoms with van der Waals surface area (Å²) in [5, 5.41) is 6.93. The van der Waals surface area contributed by atoms with Crippen molar-refractivity contribution in [3.05, 3.63) is 35.6 Å². The van der Waals surface area contributed by atoms with Crippen molar-refractivity contribution in [2.45, 2.75) is 31.8 Å². The van der Waals surface area contributed by atoms with Crippen molar-refractivity contribution < 1.29 is 4.39 Å². The standard InChI is InChI=1S/C13H19FN2/c1-10(11-4-6-12(14)7-5-11)16-9-13-3-2-8-15-13/h4-7,10,13,15-16H,2-3,8-9H2,1H3. The minimum atomic E-state index is -0.173. The molecule has 88 valence electrons. The van der Waals surface area contributed by atoms with Gasteiger partial charge in [0.2, 0.25) is 0 Å². The Hall–Kier alpha value is -0.930. The van der Waals surface area contributed by atoms with Gasteiger partial charge in [-0.1, -0.05) is 12.1 Å². The zero-order valence-electron chi connectivity index (χ0n) is 9.67. The van der Waals surface area contributed by atoms with E-state index in [4.69, 9.17) is 0 Å². The molecule has 2 nitrogen and oxygen atoms in total. The van der Waals surface area contributed by atoms with Gasteiger partial charge < -0.3 is 10.6 Å². The Morgan fingerprint density at radius 2 is 2.19 bits per heavy atom. The van der Waals surface area contributed by atoms with Crippen molar-refractivity contribution >= 4 is 0 Å². The van der Waals surface area contributed by atoms with E-state index in [1.807, 2.05) is 12.1 Å². The number of hydrogen-bond donors (Lipinski definition) is 2. The van der Waals surface area contributed by atoms with E-state index in [1.54, 1.807) is 0 Å². The number of benzene rings is 1. The minimum Gasteiger partial charge on any atom is -0.313 e. The van der Waals surface area contributed by atoms with Crippen LogP contribution in [-0.4, -0.2) is 19.1 Å². The summed E-state index contributed by atoms with van der Waals surface area (Å²) in [6, 6.07) is 7.60.